The highest BCUT2D eigenvalue weighted by Crippen LogP contribution is 2.25. The summed E-state index contributed by atoms with van der Waals surface area (Å²) in [5.74, 6) is -2.25. The van der Waals surface area contributed by atoms with Crippen LogP contribution in [0.25, 0.3) is 0 Å². The summed E-state index contributed by atoms with van der Waals surface area (Å²) in [7, 11) is 1.16. The van der Waals surface area contributed by atoms with Gasteiger partial charge < -0.3 is 15.4 Å². The lowest BCUT2D eigenvalue weighted by Gasteiger charge is -2.08. The Hall–Kier alpha value is -2.11. The number of anilines is 1. The number of hydrogen-bond acceptors (Lipinski definition) is 2. The molecule has 4 nitrogen and oxygen atoms in total. The first-order valence-electron chi connectivity index (χ1n) is 4.77. The van der Waals surface area contributed by atoms with E-state index in [1.165, 1.54) is 6.08 Å². The van der Waals surface area contributed by atoms with Crippen LogP contribution >= 0.6 is 0 Å². The van der Waals surface area contributed by atoms with Gasteiger partial charge in [0.2, 0.25) is 0 Å². The zero-order valence-electron chi connectivity index (χ0n) is 9.22. The third-order valence-corrected chi connectivity index (χ3v) is 1.87. The molecule has 0 saturated heterocycles. The van der Waals surface area contributed by atoms with E-state index in [1.54, 1.807) is 0 Å². The van der Waals surface area contributed by atoms with E-state index in [-0.39, 0.29) is 12.2 Å². The molecule has 92 valence electrons. The molecule has 0 aliphatic carbocycles. The second-order valence-electron chi connectivity index (χ2n) is 3.10. The van der Waals surface area contributed by atoms with Crippen LogP contribution in [0.15, 0.2) is 24.8 Å². The fourth-order valence-corrected chi connectivity index (χ4v) is 1.17. The quantitative estimate of drug-likeness (QED) is 0.796. The second kappa shape index (κ2) is 5.83. The van der Waals surface area contributed by atoms with Gasteiger partial charge in [-0.1, -0.05) is 6.08 Å². The molecule has 0 aliphatic rings. The van der Waals surface area contributed by atoms with Crippen molar-refractivity contribution in [2.75, 3.05) is 19.0 Å². The molecule has 0 atom stereocenters. The summed E-state index contributed by atoms with van der Waals surface area (Å²) in [4.78, 5) is 11.2. The van der Waals surface area contributed by atoms with Crippen molar-refractivity contribution >= 4 is 11.7 Å². The molecule has 2 N–H and O–H groups in total. The molecule has 0 aliphatic heterocycles. The minimum atomic E-state index is -0.883. The number of hydrogen-bond donors (Lipinski definition) is 2. The molecule has 0 bridgehead atoms. The minimum absolute atomic E-state index is 0.00219. The van der Waals surface area contributed by atoms with Gasteiger partial charge in [-0.2, -0.15) is 0 Å². The first-order chi connectivity index (χ1) is 8.08. The molecule has 17 heavy (non-hydrogen) atoms. The van der Waals surface area contributed by atoms with Crippen molar-refractivity contribution in [2.45, 2.75) is 0 Å². The molecule has 0 radical (unpaired) electrons. The number of nitrogens with one attached hydrogen (secondary N) is 2. The smallest absolute Gasteiger partial charge is 0.319 e. The van der Waals surface area contributed by atoms with Crippen LogP contribution in [0, 0.1) is 11.6 Å². The molecule has 1 aromatic carbocycles. The van der Waals surface area contributed by atoms with E-state index in [0.717, 1.165) is 19.2 Å². The summed E-state index contributed by atoms with van der Waals surface area (Å²) >= 11 is 0. The van der Waals surface area contributed by atoms with Gasteiger partial charge in [-0.15, -0.1) is 6.58 Å². The molecule has 2 amide bonds. The Morgan fingerprint density at radius 1 is 1.47 bits per heavy atom. The second-order valence-corrected chi connectivity index (χ2v) is 3.10. The van der Waals surface area contributed by atoms with Gasteiger partial charge in [-0.3, -0.25) is 0 Å². The lowest BCUT2D eigenvalue weighted by molar-refractivity contribution is 0.253. The maximum Gasteiger partial charge on any atom is 0.319 e. The van der Waals surface area contributed by atoms with Crippen LogP contribution < -0.4 is 15.4 Å². The number of carbonyl (C=O) groups excluding carboxylic acids is 1. The van der Waals surface area contributed by atoms with Gasteiger partial charge in [0.25, 0.3) is 0 Å². The number of halogens is 2. The number of rotatable bonds is 4. The van der Waals surface area contributed by atoms with Crippen LogP contribution in [0.1, 0.15) is 0 Å². The Morgan fingerprint density at radius 2 is 2.06 bits per heavy atom. The summed E-state index contributed by atoms with van der Waals surface area (Å²) in [5, 5.41) is 4.68. The monoisotopic (exact) mass is 242 g/mol. The Morgan fingerprint density at radius 3 is 2.53 bits per heavy atom. The SMILES string of the molecule is C=CCNC(=O)Nc1cc(F)c(OC)c(F)c1. The molecular weight excluding hydrogens is 230 g/mol. The van der Waals surface area contributed by atoms with E-state index in [0.29, 0.717) is 0 Å². The third kappa shape index (κ3) is 3.44. The predicted octanol–water partition coefficient (Wildman–Crippen LogP) is 2.28. The van der Waals surface area contributed by atoms with Gasteiger partial charge in [0, 0.05) is 24.4 Å². The Bertz CT molecular complexity index is 412. The average Bonchev–Trinajstić information content (AvgIpc) is 2.26. The van der Waals surface area contributed by atoms with Crippen molar-refractivity contribution in [3.63, 3.8) is 0 Å². The van der Waals surface area contributed by atoms with Gasteiger partial charge in [-0.05, 0) is 0 Å². The highest BCUT2D eigenvalue weighted by atomic mass is 19.1. The van der Waals surface area contributed by atoms with Crippen LogP contribution in [-0.2, 0) is 0 Å². The van der Waals surface area contributed by atoms with Crippen molar-refractivity contribution < 1.29 is 18.3 Å². The van der Waals surface area contributed by atoms with Gasteiger partial charge in [0.05, 0.1) is 7.11 Å². The maximum atomic E-state index is 13.3. The Kier molecular flexibility index (Phi) is 4.45. The molecule has 6 heteroatoms. The topological polar surface area (TPSA) is 50.4 Å². The van der Waals surface area contributed by atoms with E-state index in [9.17, 15) is 13.6 Å². The summed E-state index contributed by atoms with van der Waals surface area (Å²) in [6.45, 7) is 3.67. The number of urea groups is 1. The normalized spacial score (nSPS) is 9.59. The lowest BCUT2D eigenvalue weighted by atomic mass is 10.2. The number of ether oxygens (including phenoxy) is 1. The molecule has 0 fully saturated rings. The van der Waals surface area contributed by atoms with Crippen molar-refractivity contribution in [1.82, 2.24) is 5.32 Å². The first kappa shape index (κ1) is 13.0. The minimum Gasteiger partial charge on any atom is -0.491 e. The molecule has 1 aromatic rings. The summed E-state index contributed by atoms with van der Waals surface area (Å²) < 4.78 is 31.0. The number of carbonyl (C=O) groups is 1. The van der Waals surface area contributed by atoms with Crippen molar-refractivity contribution in [2.24, 2.45) is 0 Å². The van der Waals surface area contributed by atoms with Gasteiger partial charge >= 0.3 is 6.03 Å². The Labute approximate surface area is 97.3 Å². The lowest BCUT2D eigenvalue weighted by Crippen LogP contribution is -2.28. The van der Waals surface area contributed by atoms with Crippen LogP contribution in [0.5, 0.6) is 5.75 Å². The van der Waals surface area contributed by atoms with E-state index < -0.39 is 23.4 Å². The van der Waals surface area contributed by atoms with Crippen molar-refractivity contribution in [3.05, 3.63) is 36.4 Å². The molecule has 0 unspecified atom stereocenters. The van der Waals surface area contributed by atoms with Gasteiger partial charge in [-0.25, -0.2) is 13.6 Å². The fraction of sp³-hybridized carbons (Fsp3) is 0.182. The maximum absolute atomic E-state index is 13.3. The highest BCUT2D eigenvalue weighted by Gasteiger charge is 2.12. The van der Waals surface area contributed by atoms with Gasteiger partial charge in [0.1, 0.15) is 0 Å². The number of amides is 2. The largest absolute Gasteiger partial charge is 0.491 e. The number of methoxy groups -OCH3 is 1. The van der Waals surface area contributed by atoms with Gasteiger partial charge in [0.15, 0.2) is 17.4 Å². The van der Waals surface area contributed by atoms with E-state index >= 15 is 0 Å². The van der Waals surface area contributed by atoms with Crippen LogP contribution in [0.3, 0.4) is 0 Å². The zero-order chi connectivity index (χ0) is 12.8. The molecular formula is C11H12F2N2O2. The van der Waals surface area contributed by atoms with E-state index in [1.807, 2.05) is 0 Å². The third-order valence-electron chi connectivity index (χ3n) is 1.87. The average molecular weight is 242 g/mol. The fourth-order valence-electron chi connectivity index (χ4n) is 1.17. The molecule has 0 saturated carbocycles. The summed E-state index contributed by atoms with van der Waals surface area (Å²) in [6, 6.07) is 1.36. The summed E-state index contributed by atoms with van der Waals surface area (Å²) in [5.41, 5.74) is 0.00219. The Balaban J connectivity index is 2.79. The highest BCUT2D eigenvalue weighted by molar-refractivity contribution is 5.89. The molecule has 1 rings (SSSR count). The standard InChI is InChI=1S/C11H12F2N2O2/c1-3-4-14-11(16)15-7-5-8(12)10(17-2)9(13)6-7/h3,5-6H,1,4H2,2H3,(H2,14,15,16). The van der Waals surface area contributed by atoms with E-state index in [4.69, 9.17) is 0 Å². The molecule has 0 heterocycles. The zero-order valence-corrected chi connectivity index (χ0v) is 9.22. The van der Waals surface area contributed by atoms with Crippen LogP contribution in [-0.4, -0.2) is 19.7 Å². The molecule has 0 aromatic heterocycles. The number of benzene rings is 1. The van der Waals surface area contributed by atoms with Crippen LogP contribution in [0.2, 0.25) is 0 Å². The summed E-state index contributed by atoms with van der Waals surface area (Å²) in [6.07, 6.45) is 1.48. The predicted molar refractivity (Wildman–Crippen MR) is 60.1 cm³/mol. The van der Waals surface area contributed by atoms with Crippen molar-refractivity contribution in [3.8, 4) is 5.75 Å². The molecule has 0 spiro atoms. The first-order valence-corrected chi connectivity index (χ1v) is 4.77. The van der Waals surface area contributed by atoms with Crippen LogP contribution in [0.4, 0.5) is 19.3 Å². The van der Waals surface area contributed by atoms with Crippen molar-refractivity contribution in [1.29, 1.82) is 0 Å². The van der Waals surface area contributed by atoms with E-state index in [2.05, 4.69) is 21.9 Å².